The van der Waals surface area contributed by atoms with Crippen LogP contribution in [0.2, 0.25) is 0 Å². The average molecular weight is 327 g/mol. The number of anilines is 1. The summed E-state index contributed by atoms with van der Waals surface area (Å²) in [6, 6.07) is 4.62. The molecule has 0 bridgehead atoms. The van der Waals surface area contributed by atoms with Crippen molar-refractivity contribution >= 4 is 21.7 Å². The van der Waals surface area contributed by atoms with Crippen molar-refractivity contribution in [1.82, 2.24) is 14.8 Å². The molecule has 1 N–H and O–H groups in total. The SMILES string of the molecule is CN(C)CCN1CCC(Nc2ccc(Br)cn2)CC1. The van der Waals surface area contributed by atoms with Gasteiger partial charge in [0.2, 0.25) is 0 Å². The molecule has 1 aliphatic heterocycles. The smallest absolute Gasteiger partial charge is 0.126 e. The second kappa shape index (κ2) is 7.22. The lowest BCUT2D eigenvalue weighted by atomic mass is 10.1. The summed E-state index contributed by atoms with van der Waals surface area (Å²) in [5.41, 5.74) is 0. The minimum atomic E-state index is 0.560. The van der Waals surface area contributed by atoms with E-state index in [4.69, 9.17) is 0 Å². The molecule has 19 heavy (non-hydrogen) atoms. The number of aromatic nitrogens is 1. The Kier molecular flexibility index (Phi) is 5.60. The van der Waals surface area contributed by atoms with Crippen molar-refractivity contribution in [3.8, 4) is 0 Å². The molecule has 0 unspecified atom stereocenters. The van der Waals surface area contributed by atoms with Crippen LogP contribution in [-0.2, 0) is 0 Å². The standard InChI is InChI=1S/C14H23BrN4/c1-18(2)9-10-19-7-5-13(6-8-19)17-14-4-3-12(15)11-16-14/h3-4,11,13H,5-10H2,1-2H3,(H,16,17). The van der Waals surface area contributed by atoms with E-state index in [2.05, 4.69) is 50.1 Å². The number of hydrogen-bond acceptors (Lipinski definition) is 4. The van der Waals surface area contributed by atoms with Gasteiger partial charge in [0.15, 0.2) is 0 Å². The Bertz CT molecular complexity index is 372. The van der Waals surface area contributed by atoms with Gasteiger partial charge in [0.25, 0.3) is 0 Å². The van der Waals surface area contributed by atoms with Crippen LogP contribution in [0.15, 0.2) is 22.8 Å². The molecule has 4 nitrogen and oxygen atoms in total. The second-order valence-electron chi connectivity index (χ2n) is 5.43. The highest BCUT2D eigenvalue weighted by molar-refractivity contribution is 9.10. The Morgan fingerprint density at radius 1 is 1.37 bits per heavy atom. The first kappa shape index (κ1) is 14.8. The summed E-state index contributed by atoms with van der Waals surface area (Å²) in [6.45, 7) is 4.69. The lowest BCUT2D eigenvalue weighted by Gasteiger charge is -2.33. The van der Waals surface area contributed by atoms with Gasteiger partial charge in [-0.1, -0.05) is 0 Å². The van der Waals surface area contributed by atoms with Gasteiger partial charge in [-0.2, -0.15) is 0 Å². The van der Waals surface area contributed by atoms with Gasteiger partial charge >= 0.3 is 0 Å². The summed E-state index contributed by atoms with van der Waals surface area (Å²) in [6.07, 6.45) is 4.24. The molecule has 0 aliphatic carbocycles. The van der Waals surface area contributed by atoms with Crippen molar-refractivity contribution in [1.29, 1.82) is 0 Å². The highest BCUT2D eigenvalue weighted by Gasteiger charge is 2.18. The maximum absolute atomic E-state index is 4.37. The fourth-order valence-electron chi connectivity index (χ4n) is 2.31. The molecule has 0 saturated carbocycles. The van der Waals surface area contributed by atoms with E-state index in [1.807, 2.05) is 18.3 Å². The Hall–Kier alpha value is -0.650. The van der Waals surface area contributed by atoms with Crippen LogP contribution >= 0.6 is 15.9 Å². The lowest BCUT2D eigenvalue weighted by Crippen LogP contribution is -2.41. The molecule has 1 aliphatic rings. The normalized spacial score (nSPS) is 17.9. The summed E-state index contributed by atoms with van der Waals surface area (Å²) in [7, 11) is 4.26. The number of likely N-dealkylation sites (N-methyl/N-ethyl adjacent to an activating group) is 1. The number of piperidine rings is 1. The molecule has 2 rings (SSSR count). The van der Waals surface area contributed by atoms with Gasteiger partial charge < -0.3 is 15.1 Å². The van der Waals surface area contributed by atoms with E-state index < -0.39 is 0 Å². The van der Waals surface area contributed by atoms with Gasteiger partial charge in [-0.3, -0.25) is 0 Å². The van der Waals surface area contributed by atoms with Crippen LogP contribution in [0, 0.1) is 0 Å². The number of nitrogens with one attached hydrogen (secondary N) is 1. The van der Waals surface area contributed by atoms with E-state index in [0.29, 0.717) is 6.04 Å². The fourth-order valence-corrected chi connectivity index (χ4v) is 2.55. The zero-order valence-corrected chi connectivity index (χ0v) is 13.4. The molecule has 1 aromatic heterocycles. The molecule has 5 heteroatoms. The van der Waals surface area contributed by atoms with Gasteiger partial charge in [0, 0.05) is 42.9 Å². The highest BCUT2D eigenvalue weighted by Crippen LogP contribution is 2.16. The van der Waals surface area contributed by atoms with Crippen molar-refractivity contribution in [2.24, 2.45) is 0 Å². The Morgan fingerprint density at radius 3 is 2.68 bits per heavy atom. The van der Waals surface area contributed by atoms with Crippen LogP contribution in [0.1, 0.15) is 12.8 Å². The number of hydrogen-bond donors (Lipinski definition) is 1. The van der Waals surface area contributed by atoms with Crippen LogP contribution < -0.4 is 5.32 Å². The third kappa shape index (κ3) is 5.09. The van der Waals surface area contributed by atoms with Crippen LogP contribution in [-0.4, -0.2) is 61.1 Å². The van der Waals surface area contributed by atoms with Crippen molar-refractivity contribution in [3.05, 3.63) is 22.8 Å². The molecule has 0 spiro atoms. The predicted molar refractivity (Wildman–Crippen MR) is 83.6 cm³/mol. The molecule has 1 aromatic rings. The first-order valence-electron chi connectivity index (χ1n) is 6.88. The minimum absolute atomic E-state index is 0.560. The van der Waals surface area contributed by atoms with Crippen LogP contribution in [0.3, 0.4) is 0 Å². The molecule has 2 heterocycles. The van der Waals surface area contributed by atoms with Gasteiger partial charge in [-0.15, -0.1) is 0 Å². The fraction of sp³-hybridized carbons (Fsp3) is 0.643. The largest absolute Gasteiger partial charge is 0.367 e. The van der Waals surface area contributed by atoms with Crippen LogP contribution in [0.5, 0.6) is 0 Å². The number of rotatable bonds is 5. The van der Waals surface area contributed by atoms with Gasteiger partial charge in [-0.05, 0) is 55.0 Å². The number of pyridine rings is 1. The number of halogens is 1. The lowest BCUT2D eigenvalue weighted by molar-refractivity contribution is 0.199. The minimum Gasteiger partial charge on any atom is -0.367 e. The van der Waals surface area contributed by atoms with Crippen molar-refractivity contribution < 1.29 is 0 Å². The van der Waals surface area contributed by atoms with E-state index in [9.17, 15) is 0 Å². The van der Waals surface area contributed by atoms with E-state index >= 15 is 0 Å². The number of nitrogens with zero attached hydrogens (tertiary/aromatic N) is 3. The maximum atomic E-state index is 4.37. The van der Waals surface area contributed by atoms with Crippen LogP contribution in [0.4, 0.5) is 5.82 Å². The average Bonchev–Trinajstić information content (AvgIpc) is 2.40. The number of likely N-dealkylation sites (tertiary alicyclic amines) is 1. The molecular weight excluding hydrogens is 304 g/mol. The Labute approximate surface area is 124 Å². The van der Waals surface area contributed by atoms with Gasteiger partial charge in [0.05, 0.1) is 0 Å². The summed E-state index contributed by atoms with van der Waals surface area (Å²) in [5.74, 6) is 0.981. The first-order valence-corrected chi connectivity index (χ1v) is 7.68. The molecular formula is C14H23BrN4. The summed E-state index contributed by atoms with van der Waals surface area (Å²) in [5, 5.41) is 3.52. The third-order valence-corrected chi connectivity index (χ3v) is 4.00. The zero-order valence-electron chi connectivity index (χ0n) is 11.8. The Balaban J connectivity index is 1.72. The monoisotopic (exact) mass is 326 g/mol. The highest BCUT2D eigenvalue weighted by atomic mass is 79.9. The third-order valence-electron chi connectivity index (χ3n) is 3.53. The van der Waals surface area contributed by atoms with Crippen molar-refractivity contribution in [3.63, 3.8) is 0 Å². The molecule has 1 saturated heterocycles. The summed E-state index contributed by atoms with van der Waals surface area (Å²) < 4.78 is 1.02. The molecule has 0 amide bonds. The van der Waals surface area contributed by atoms with Gasteiger partial charge in [-0.25, -0.2) is 4.98 Å². The van der Waals surface area contributed by atoms with E-state index in [-0.39, 0.29) is 0 Å². The van der Waals surface area contributed by atoms with E-state index in [1.54, 1.807) is 0 Å². The maximum Gasteiger partial charge on any atom is 0.126 e. The Morgan fingerprint density at radius 2 is 2.11 bits per heavy atom. The quantitative estimate of drug-likeness (QED) is 0.899. The van der Waals surface area contributed by atoms with Crippen molar-refractivity contribution in [2.45, 2.75) is 18.9 Å². The zero-order chi connectivity index (χ0) is 13.7. The predicted octanol–water partition coefficient (Wildman–Crippen LogP) is 2.28. The summed E-state index contributed by atoms with van der Waals surface area (Å²) >= 11 is 3.41. The van der Waals surface area contributed by atoms with E-state index in [0.717, 1.165) is 16.8 Å². The molecule has 0 atom stereocenters. The van der Waals surface area contributed by atoms with E-state index in [1.165, 1.54) is 32.5 Å². The topological polar surface area (TPSA) is 31.4 Å². The molecule has 1 fully saturated rings. The van der Waals surface area contributed by atoms with Gasteiger partial charge in [0.1, 0.15) is 5.82 Å². The molecule has 0 aromatic carbocycles. The molecule has 106 valence electrons. The van der Waals surface area contributed by atoms with Crippen molar-refractivity contribution in [2.75, 3.05) is 45.6 Å². The molecule has 0 radical (unpaired) electrons. The summed E-state index contributed by atoms with van der Waals surface area (Å²) in [4.78, 5) is 9.17. The first-order chi connectivity index (χ1) is 9.13. The van der Waals surface area contributed by atoms with Crippen LogP contribution in [0.25, 0.3) is 0 Å². The second-order valence-corrected chi connectivity index (χ2v) is 6.34.